The van der Waals surface area contributed by atoms with E-state index >= 15 is 0 Å². The Morgan fingerprint density at radius 1 is 1.33 bits per heavy atom. The standard InChI is InChI=1S/C17H20BrN3O2S/c1-11-14(16(23)20-17(19-11)24-3)8-9-15(22)21(2)10-12-4-6-13(18)7-5-12/h4-7H,8-10H2,1-3H3,(H,19,20,23). The molecule has 5 nitrogen and oxygen atoms in total. The summed E-state index contributed by atoms with van der Waals surface area (Å²) in [7, 11) is 1.77. The monoisotopic (exact) mass is 409 g/mol. The molecule has 24 heavy (non-hydrogen) atoms. The fourth-order valence-electron chi connectivity index (χ4n) is 2.35. The summed E-state index contributed by atoms with van der Waals surface area (Å²) >= 11 is 4.79. The number of aryl methyl sites for hydroxylation is 1. The number of aromatic amines is 1. The van der Waals surface area contributed by atoms with Gasteiger partial charge in [0.2, 0.25) is 5.91 Å². The van der Waals surface area contributed by atoms with E-state index in [0.29, 0.717) is 29.4 Å². The normalized spacial score (nSPS) is 10.7. The summed E-state index contributed by atoms with van der Waals surface area (Å²) in [6.07, 6.45) is 2.54. The summed E-state index contributed by atoms with van der Waals surface area (Å²) in [5, 5.41) is 0.597. The zero-order valence-corrected chi connectivity index (χ0v) is 16.3. The van der Waals surface area contributed by atoms with Crippen LogP contribution in [0.2, 0.25) is 0 Å². The van der Waals surface area contributed by atoms with Gasteiger partial charge in [0.25, 0.3) is 5.56 Å². The number of thioether (sulfide) groups is 1. The Labute approximate surface area is 154 Å². The molecule has 0 saturated heterocycles. The number of carbonyl (C=O) groups is 1. The third kappa shape index (κ3) is 4.95. The Morgan fingerprint density at radius 2 is 2.00 bits per heavy atom. The third-order valence-corrected chi connectivity index (χ3v) is 4.85. The van der Waals surface area contributed by atoms with Gasteiger partial charge in [0.1, 0.15) is 0 Å². The topological polar surface area (TPSA) is 66.1 Å². The number of benzene rings is 1. The maximum Gasteiger partial charge on any atom is 0.254 e. The molecule has 1 heterocycles. The van der Waals surface area contributed by atoms with Crippen LogP contribution in [0.4, 0.5) is 0 Å². The number of rotatable bonds is 6. The summed E-state index contributed by atoms with van der Waals surface area (Å²) in [6, 6.07) is 7.87. The summed E-state index contributed by atoms with van der Waals surface area (Å²) in [5.74, 6) is 0.00524. The number of aromatic nitrogens is 2. The minimum absolute atomic E-state index is 0.00524. The first-order valence-electron chi connectivity index (χ1n) is 7.53. The van der Waals surface area contributed by atoms with Crippen LogP contribution >= 0.6 is 27.7 Å². The molecule has 0 radical (unpaired) electrons. The van der Waals surface area contributed by atoms with Gasteiger partial charge in [-0.2, -0.15) is 0 Å². The first-order valence-corrected chi connectivity index (χ1v) is 9.54. The van der Waals surface area contributed by atoms with Crippen molar-refractivity contribution in [2.45, 2.75) is 31.5 Å². The Balaban J connectivity index is 1.97. The van der Waals surface area contributed by atoms with Gasteiger partial charge in [-0.25, -0.2) is 4.98 Å². The van der Waals surface area contributed by atoms with Gasteiger partial charge in [0.05, 0.1) is 0 Å². The molecule has 0 aliphatic carbocycles. The number of nitrogens with one attached hydrogen (secondary N) is 1. The zero-order chi connectivity index (χ0) is 17.7. The van der Waals surface area contributed by atoms with Crippen molar-refractivity contribution in [2.24, 2.45) is 0 Å². The molecular weight excluding hydrogens is 390 g/mol. The van der Waals surface area contributed by atoms with Gasteiger partial charge in [-0.05, 0) is 37.3 Å². The van der Waals surface area contributed by atoms with Crippen molar-refractivity contribution in [1.82, 2.24) is 14.9 Å². The van der Waals surface area contributed by atoms with Gasteiger partial charge >= 0.3 is 0 Å². The van der Waals surface area contributed by atoms with Gasteiger partial charge in [-0.3, -0.25) is 9.59 Å². The zero-order valence-electron chi connectivity index (χ0n) is 13.9. The second-order valence-corrected chi connectivity index (χ2v) is 7.23. The van der Waals surface area contributed by atoms with Crippen LogP contribution in [0.1, 0.15) is 23.2 Å². The molecule has 1 amide bonds. The van der Waals surface area contributed by atoms with E-state index in [1.54, 1.807) is 18.9 Å². The minimum Gasteiger partial charge on any atom is -0.341 e. The van der Waals surface area contributed by atoms with Gasteiger partial charge in [-0.15, -0.1) is 0 Å². The molecule has 128 valence electrons. The van der Waals surface area contributed by atoms with Crippen molar-refractivity contribution >= 4 is 33.6 Å². The van der Waals surface area contributed by atoms with E-state index in [1.165, 1.54) is 11.8 Å². The molecule has 0 fully saturated rings. The smallest absolute Gasteiger partial charge is 0.254 e. The molecule has 0 unspecified atom stereocenters. The Morgan fingerprint density at radius 3 is 2.58 bits per heavy atom. The van der Waals surface area contributed by atoms with Crippen LogP contribution in [-0.4, -0.2) is 34.1 Å². The van der Waals surface area contributed by atoms with E-state index in [-0.39, 0.29) is 17.9 Å². The molecule has 2 aromatic rings. The molecule has 0 atom stereocenters. The molecular formula is C17H20BrN3O2S. The van der Waals surface area contributed by atoms with E-state index in [1.807, 2.05) is 30.5 Å². The molecule has 0 bridgehead atoms. The molecule has 0 spiro atoms. The average Bonchev–Trinajstić information content (AvgIpc) is 2.55. The number of nitrogens with zero attached hydrogens (tertiary/aromatic N) is 2. The highest BCUT2D eigenvalue weighted by Crippen LogP contribution is 2.13. The molecule has 1 aromatic carbocycles. The number of H-pyrrole nitrogens is 1. The highest BCUT2D eigenvalue weighted by Gasteiger charge is 2.13. The van der Waals surface area contributed by atoms with E-state index < -0.39 is 0 Å². The molecule has 1 N–H and O–H groups in total. The molecule has 0 aliphatic rings. The van der Waals surface area contributed by atoms with Gasteiger partial charge in [0.15, 0.2) is 5.16 Å². The maximum absolute atomic E-state index is 12.3. The van der Waals surface area contributed by atoms with Crippen molar-refractivity contribution in [2.75, 3.05) is 13.3 Å². The lowest BCUT2D eigenvalue weighted by Gasteiger charge is -2.17. The quantitative estimate of drug-likeness (QED) is 0.587. The predicted molar refractivity (Wildman–Crippen MR) is 100 cm³/mol. The summed E-state index contributed by atoms with van der Waals surface area (Å²) < 4.78 is 1.01. The van der Waals surface area contributed by atoms with Crippen molar-refractivity contribution in [1.29, 1.82) is 0 Å². The lowest BCUT2D eigenvalue weighted by Crippen LogP contribution is -2.27. The van der Waals surface area contributed by atoms with Crippen LogP contribution in [0.3, 0.4) is 0 Å². The van der Waals surface area contributed by atoms with Gasteiger partial charge < -0.3 is 9.88 Å². The van der Waals surface area contributed by atoms with Crippen LogP contribution in [0.15, 0.2) is 38.7 Å². The van der Waals surface area contributed by atoms with Crippen molar-refractivity contribution in [3.05, 3.63) is 55.9 Å². The van der Waals surface area contributed by atoms with Crippen molar-refractivity contribution in [3.63, 3.8) is 0 Å². The maximum atomic E-state index is 12.3. The fourth-order valence-corrected chi connectivity index (χ4v) is 3.04. The second-order valence-electron chi connectivity index (χ2n) is 5.52. The van der Waals surface area contributed by atoms with Crippen LogP contribution in [0.25, 0.3) is 0 Å². The molecule has 2 rings (SSSR count). The van der Waals surface area contributed by atoms with E-state index in [2.05, 4.69) is 25.9 Å². The Hall–Kier alpha value is -1.60. The summed E-state index contributed by atoms with van der Waals surface area (Å²) in [6.45, 7) is 2.35. The van der Waals surface area contributed by atoms with E-state index in [9.17, 15) is 9.59 Å². The van der Waals surface area contributed by atoms with Crippen LogP contribution < -0.4 is 5.56 Å². The van der Waals surface area contributed by atoms with Crippen molar-refractivity contribution in [3.8, 4) is 0 Å². The summed E-state index contributed by atoms with van der Waals surface area (Å²) in [5.41, 5.74) is 2.17. The average molecular weight is 410 g/mol. The third-order valence-electron chi connectivity index (χ3n) is 3.74. The van der Waals surface area contributed by atoms with E-state index in [0.717, 1.165) is 10.0 Å². The number of hydrogen-bond acceptors (Lipinski definition) is 4. The molecule has 0 aliphatic heterocycles. The second kappa shape index (κ2) is 8.48. The molecule has 7 heteroatoms. The number of halogens is 1. The van der Waals surface area contributed by atoms with E-state index in [4.69, 9.17) is 0 Å². The van der Waals surface area contributed by atoms with Crippen molar-refractivity contribution < 1.29 is 4.79 Å². The SMILES string of the molecule is CSc1nc(C)c(CCC(=O)N(C)Cc2ccc(Br)cc2)c(=O)[nH]1. The minimum atomic E-state index is -0.157. The Kier molecular flexibility index (Phi) is 6.62. The Bertz CT molecular complexity index is 774. The first-order chi connectivity index (χ1) is 11.4. The number of carbonyl (C=O) groups excluding carboxylic acids is 1. The van der Waals surface area contributed by atoms with Gasteiger partial charge in [-0.1, -0.05) is 39.8 Å². The summed E-state index contributed by atoms with van der Waals surface area (Å²) in [4.78, 5) is 33.1. The van der Waals surface area contributed by atoms with Crippen LogP contribution in [0.5, 0.6) is 0 Å². The molecule has 0 saturated carbocycles. The molecule has 1 aromatic heterocycles. The lowest BCUT2D eigenvalue weighted by molar-refractivity contribution is -0.130. The number of hydrogen-bond donors (Lipinski definition) is 1. The largest absolute Gasteiger partial charge is 0.341 e. The highest BCUT2D eigenvalue weighted by atomic mass is 79.9. The van der Waals surface area contributed by atoms with Crippen LogP contribution in [0, 0.1) is 6.92 Å². The lowest BCUT2D eigenvalue weighted by atomic mass is 10.1. The predicted octanol–water partition coefficient (Wildman–Crippen LogP) is 3.15. The highest BCUT2D eigenvalue weighted by molar-refractivity contribution is 9.10. The fraction of sp³-hybridized carbons (Fsp3) is 0.353. The first kappa shape index (κ1) is 18.7. The van der Waals surface area contributed by atoms with Gasteiger partial charge in [0, 0.05) is 35.7 Å². The van der Waals surface area contributed by atoms with Crippen LogP contribution in [-0.2, 0) is 17.8 Å². The number of amides is 1.